The summed E-state index contributed by atoms with van der Waals surface area (Å²) >= 11 is 0. The van der Waals surface area contributed by atoms with E-state index in [2.05, 4.69) is 6.58 Å². The van der Waals surface area contributed by atoms with E-state index in [1.54, 1.807) is 6.08 Å². The second-order valence-electron chi connectivity index (χ2n) is 6.14. The molecule has 5 heteroatoms. The number of carbonyl (C=O) groups is 1. The minimum absolute atomic E-state index is 0.110. The number of ether oxygens (including phenoxy) is 2. The number of nitrogens with zero attached hydrogens (tertiary/aromatic N) is 2. The first-order chi connectivity index (χ1) is 10.7. The summed E-state index contributed by atoms with van der Waals surface area (Å²) in [5.74, 6) is 0.565. The van der Waals surface area contributed by atoms with Gasteiger partial charge in [-0.3, -0.25) is 4.79 Å². The molecule has 3 atom stereocenters. The lowest BCUT2D eigenvalue weighted by Crippen LogP contribution is -2.51. The highest BCUT2D eigenvalue weighted by atomic mass is 16.5. The van der Waals surface area contributed by atoms with Crippen LogP contribution in [0.5, 0.6) is 0 Å². The lowest BCUT2D eigenvalue weighted by Gasteiger charge is -2.37. The van der Waals surface area contributed by atoms with Crippen molar-refractivity contribution in [1.29, 1.82) is 0 Å². The second kappa shape index (κ2) is 6.67. The standard InChI is InChI=1S/C17H24N2O3/c1-3-8-21-12-13-10-15-16(11-13)22-9-7-19(15)17(20)14-5-4-6-18(14)2/h3-6,13,15-16H,1,7-12H2,2H3/t13?,15-,16-/m0/s1. The van der Waals surface area contributed by atoms with Crippen molar-refractivity contribution in [2.24, 2.45) is 13.0 Å². The van der Waals surface area contributed by atoms with Crippen molar-refractivity contribution in [3.8, 4) is 0 Å². The highest BCUT2D eigenvalue weighted by Crippen LogP contribution is 2.35. The third-order valence-electron chi connectivity index (χ3n) is 4.65. The molecule has 0 aromatic carbocycles. The summed E-state index contributed by atoms with van der Waals surface area (Å²) in [6.45, 7) is 6.26. The van der Waals surface area contributed by atoms with E-state index in [0.717, 1.165) is 18.5 Å². The van der Waals surface area contributed by atoms with Crippen molar-refractivity contribution < 1.29 is 14.3 Å². The van der Waals surface area contributed by atoms with Gasteiger partial charge in [-0.2, -0.15) is 0 Å². The van der Waals surface area contributed by atoms with E-state index in [0.29, 0.717) is 32.3 Å². The Kier molecular flexibility index (Phi) is 4.64. The van der Waals surface area contributed by atoms with E-state index in [9.17, 15) is 4.79 Å². The van der Waals surface area contributed by atoms with Crippen molar-refractivity contribution in [3.63, 3.8) is 0 Å². The van der Waals surface area contributed by atoms with Gasteiger partial charge >= 0.3 is 0 Å². The Morgan fingerprint density at radius 3 is 3.14 bits per heavy atom. The Hall–Kier alpha value is -1.59. The van der Waals surface area contributed by atoms with Gasteiger partial charge in [0.25, 0.3) is 5.91 Å². The molecule has 2 fully saturated rings. The van der Waals surface area contributed by atoms with E-state index >= 15 is 0 Å². The fourth-order valence-electron chi connectivity index (χ4n) is 3.59. The molecule has 3 rings (SSSR count). The van der Waals surface area contributed by atoms with Crippen molar-refractivity contribution in [3.05, 3.63) is 36.7 Å². The molecule has 1 saturated heterocycles. The van der Waals surface area contributed by atoms with Gasteiger partial charge in [0.15, 0.2) is 0 Å². The zero-order chi connectivity index (χ0) is 15.5. The Labute approximate surface area is 131 Å². The normalized spacial score (nSPS) is 27.7. The van der Waals surface area contributed by atoms with Gasteiger partial charge in [0.05, 0.1) is 25.4 Å². The number of hydrogen-bond acceptors (Lipinski definition) is 3. The summed E-state index contributed by atoms with van der Waals surface area (Å²) in [5.41, 5.74) is 0.743. The van der Waals surface area contributed by atoms with Crippen molar-refractivity contribution in [1.82, 2.24) is 9.47 Å². The molecule has 5 nitrogen and oxygen atoms in total. The summed E-state index contributed by atoms with van der Waals surface area (Å²) in [6.07, 6.45) is 5.75. The van der Waals surface area contributed by atoms with Gasteiger partial charge in [0, 0.05) is 26.4 Å². The second-order valence-corrected chi connectivity index (χ2v) is 6.14. The van der Waals surface area contributed by atoms with Gasteiger partial charge in [0.2, 0.25) is 0 Å². The predicted octanol–water partition coefficient (Wildman–Crippen LogP) is 1.85. The van der Waals surface area contributed by atoms with E-state index in [4.69, 9.17) is 9.47 Å². The Balaban J connectivity index is 1.67. The maximum absolute atomic E-state index is 12.8. The van der Waals surface area contributed by atoms with E-state index in [-0.39, 0.29) is 18.1 Å². The average molecular weight is 304 g/mol. The molecule has 1 aromatic heterocycles. The summed E-state index contributed by atoms with van der Waals surface area (Å²) in [4.78, 5) is 14.8. The van der Waals surface area contributed by atoms with Crippen LogP contribution in [0.3, 0.4) is 0 Å². The SMILES string of the molecule is C=CCOCC1C[C@@H]2OCCN(C(=O)c3cccn3C)[C@H]2C1. The largest absolute Gasteiger partial charge is 0.377 e. The summed E-state index contributed by atoms with van der Waals surface area (Å²) < 4.78 is 13.4. The fourth-order valence-corrected chi connectivity index (χ4v) is 3.59. The quantitative estimate of drug-likeness (QED) is 0.616. The topological polar surface area (TPSA) is 43.7 Å². The Morgan fingerprint density at radius 2 is 2.41 bits per heavy atom. The smallest absolute Gasteiger partial charge is 0.270 e. The van der Waals surface area contributed by atoms with E-state index in [1.165, 1.54) is 0 Å². The number of carbonyl (C=O) groups excluding carboxylic acids is 1. The molecule has 0 N–H and O–H groups in total. The number of amides is 1. The van der Waals surface area contributed by atoms with Crippen LogP contribution in [0.2, 0.25) is 0 Å². The molecular weight excluding hydrogens is 280 g/mol. The summed E-state index contributed by atoms with van der Waals surface area (Å²) in [5, 5.41) is 0. The van der Waals surface area contributed by atoms with Crippen molar-refractivity contribution in [2.45, 2.75) is 25.0 Å². The average Bonchev–Trinajstić information content (AvgIpc) is 3.12. The van der Waals surface area contributed by atoms with Crippen LogP contribution in [0, 0.1) is 5.92 Å². The molecule has 2 heterocycles. The third kappa shape index (κ3) is 2.96. The Bertz CT molecular complexity index is 540. The molecule has 1 aliphatic carbocycles. The highest BCUT2D eigenvalue weighted by Gasteiger charge is 2.43. The van der Waals surface area contributed by atoms with Crippen LogP contribution >= 0.6 is 0 Å². The number of aromatic nitrogens is 1. The lowest BCUT2D eigenvalue weighted by molar-refractivity contribution is -0.0452. The van der Waals surface area contributed by atoms with Crippen LogP contribution in [-0.4, -0.2) is 53.9 Å². The first kappa shape index (κ1) is 15.3. The molecule has 120 valence electrons. The van der Waals surface area contributed by atoms with Crippen LogP contribution in [0.1, 0.15) is 23.3 Å². The molecule has 1 amide bonds. The number of rotatable bonds is 5. The molecule has 0 spiro atoms. The summed E-state index contributed by atoms with van der Waals surface area (Å²) in [6, 6.07) is 3.96. The van der Waals surface area contributed by atoms with Crippen LogP contribution in [0.15, 0.2) is 31.0 Å². The van der Waals surface area contributed by atoms with Crippen LogP contribution < -0.4 is 0 Å². The molecular formula is C17H24N2O3. The van der Waals surface area contributed by atoms with Crippen LogP contribution in [0.25, 0.3) is 0 Å². The maximum atomic E-state index is 12.8. The summed E-state index contributed by atoms with van der Waals surface area (Å²) in [7, 11) is 1.91. The predicted molar refractivity (Wildman–Crippen MR) is 83.7 cm³/mol. The zero-order valence-electron chi connectivity index (χ0n) is 13.1. The van der Waals surface area contributed by atoms with E-state index < -0.39 is 0 Å². The molecule has 0 bridgehead atoms. The fraction of sp³-hybridized carbons (Fsp3) is 0.588. The van der Waals surface area contributed by atoms with Gasteiger partial charge in [-0.1, -0.05) is 6.08 Å². The van der Waals surface area contributed by atoms with Gasteiger partial charge < -0.3 is 18.9 Å². The minimum atomic E-state index is 0.110. The molecule has 1 aliphatic heterocycles. The van der Waals surface area contributed by atoms with Crippen molar-refractivity contribution in [2.75, 3.05) is 26.4 Å². The number of fused-ring (bicyclic) bond motifs is 1. The first-order valence-corrected chi connectivity index (χ1v) is 7.93. The van der Waals surface area contributed by atoms with Gasteiger partial charge in [0.1, 0.15) is 5.69 Å². The monoisotopic (exact) mass is 304 g/mol. The number of morpholine rings is 1. The van der Waals surface area contributed by atoms with E-state index in [1.807, 2.05) is 34.8 Å². The molecule has 1 aromatic rings. The third-order valence-corrected chi connectivity index (χ3v) is 4.65. The molecule has 2 aliphatic rings. The molecule has 0 radical (unpaired) electrons. The van der Waals surface area contributed by atoms with Crippen LogP contribution in [0.4, 0.5) is 0 Å². The molecule has 1 saturated carbocycles. The number of aryl methyl sites for hydroxylation is 1. The van der Waals surface area contributed by atoms with Crippen LogP contribution in [-0.2, 0) is 16.5 Å². The van der Waals surface area contributed by atoms with Gasteiger partial charge in [-0.25, -0.2) is 0 Å². The Morgan fingerprint density at radius 1 is 1.55 bits per heavy atom. The molecule has 1 unspecified atom stereocenters. The highest BCUT2D eigenvalue weighted by molar-refractivity contribution is 5.93. The lowest BCUT2D eigenvalue weighted by atomic mass is 10.1. The molecule has 22 heavy (non-hydrogen) atoms. The maximum Gasteiger partial charge on any atom is 0.270 e. The van der Waals surface area contributed by atoms with Crippen molar-refractivity contribution >= 4 is 5.91 Å². The van der Waals surface area contributed by atoms with Gasteiger partial charge in [-0.05, 0) is 30.9 Å². The first-order valence-electron chi connectivity index (χ1n) is 7.93. The minimum Gasteiger partial charge on any atom is -0.377 e. The van der Waals surface area contributed by atoms with Gasteiger partial charge in [-0.15, -0.1) is 6.58 Å². The number of hydrogen-bond donors (Lipinski definition) is 0. The zero-order valence-corrected chi connectivity index (χ0v) is 13.1.